The van der Waals surface area contributed by atoms with Crippen LogP contribution in [-0.4, -0.2) is 64.3 Å². The molecule has 1 aliphatic carbocycles. The number of fused-ring (bicyclic) bond motifs is 2. The molecule has 2 atom stereocenters. The van der Waals surface area contributed by atoms with Crippen molar-refractivity contribution in [3.63, 3.8) is 0 Å². The van der Waals surface area contributed by atoms with Gasteiger partial charge >= 0.3 is 0 Å². The standard InChI is InChI=1S/C22H31N7O/c1-15-24-20-11-10-19(14-29(20)27-15)26-22(23-13-21(30)28(2)3)25-18-9-8-16-6-4-5-7-17(16)12-18/h4-7,18-19H,8-14H2,1-3H3,(H2,23,25,26). The predicted molar refractivity (Wildman–Crippen MR) is 116 cm³/mol. The smallest absolute Gasteiger partial charge is 0.243 e. The van der Waals surface area contributed by atoms with Crippen molar-refractivity contribution in [2.24, 2.45) is 4.99 Å². The van der Waals surface area contributed by atoms with Crippen LogP contribution in [-0.2, 0) is 30.6 Å². The first-order chi connectivity index (χ1) is 14.5. The van der Waals surface area contributed by atoms with Crippen LogP contribution in [0.4, 0.5) is 0 Å². The summed E-state index contributed by atoms with van der Waals surface area (Å²) in [5, 5.41) is 11.6. The van der Waals surface area contributed by atoms with Crippen LogP contribution in [0.25, 0.3) is 0 Å². The van der Waals surface area contributed by atoms with E-state index in [0.717, 1.165) is 50.3 Å². The Hall–Kier alpha value is -2.90. The maximum Gasteiger partial charge on any atom is 0.243 e. The number of aromatic nitrogens is 3. The molecule has 1 aromatic carbocycles. The van der Waals surface area contributed by atoms with E-state index in [2.05, 4.69) is 50.0 Å². The van der Waals surface area contributed by atoms with Gasteiger partial charge in [0.15, 0.2) is 5.96 Å². The van der Waals surface area contributed by atoms with E-state index in [9.17, 15) is 4.79 Å². The Kier molecular flexibility index (Phi) is 6.01. The summed E-state index contributed by atoms with van der Waals surface area (Å²) in [5.41, 5.74) is 2.83. The fourth-order valence-corrected chi connectivity index (χ4v) is 4.18. The zero-order valence-corrected chi connectivity index (χ0v) is 18.1. The molecule has 1 aromatic heterocycles. The van der Waals surface area contributed by atoms with Crippen LogP contribution >= 0.6 is 0 Å². The first-order valence-corrected chi connectivity index (χ1v) is 10.7. The van der Waals surface area contributed by atoms with Crippen molar-refractivity contribution in [2.75, 3.05) is 20.6 Å². The topological polar surface area (TPSA) is 87.4 Å². The van der Waals surface area contributed by atoms with Gasteiger partial charge in [-0.3, -0.25) is 4.79 Å². The Morgan fingerprint density at radius 1 is 1.17 bits per heavy atom. The van der Waals surface area contributed by atoms with Crippen LogP contribution in [0.1, 0.15) is 35.6 Å². The SMILES string of the molecule is Cc1nc2n(n1)CC(NC(=NCC(=O)N(C)C)NC1CCc3ccccc3C1)CC2. The van der Waals surface area contributed by atoms with E-state index in [1.807, 2.05) is 11.6 Å². The second-order valence-corrected chi connectivity index (χ2v) is 8.44. The van der Waals surface area contributed by atoms with Gasteiger partial charge in [0.25, 0.3) is 0 Å². The molecule has 160 valence electrons. The number of amides is 1. The Morgan fingerprint density at radius 2 is 1.90 bits per heavy atom. The van der Waals surface area contributed by atoms with Crippen LogP contribution in [0.2, 0.25) is 0 Å². The zero-order chi connectivity index (χ0) is 21.1. The fraction of sp³-hybridized carbons (Fsp3) is 0.545. The van der Waals surface area contributed by atoms with Gasteiger partial charge in [0.2, 0.25) is 5.91 Å². The highest BCUT2D eigenvalue weighted by Gasteiger charge is 2.24. The lowest BCUT2D eigenvalue weighted by Crippen LogP contribution is -2.51. The Balaban J connectivity index is 1.44. The monoisotopic (exact) mass is 409 g/mol. The number of guanidine groups is 1. The molecule has 2 aromatic rings. The molecule has 0 saturated carbocycles. The quantitative estimate of drug-likeness (QED) is 0.583. The number of carbonyl (C=O) groups excluding carboxylic acids is 1. The normalized spacial score (nSPS) is 20.8. The summed E-state index contributed by atoms with van der Waals surface area (Å²) < 4.78 is 1.98. The minimum absolute atomic E-state index is 0.0112. The van der Waals surface area contributed by atoms with E-state index in [-0.39, 0.29) is 18.5 Å². The number of likely N-dealkylation sites (N-methyl/N-ethyl adjacent to an activating group) is 1. The number of nitrogens with zero attached hydrogens (tertiary/aromatic N) is 5. The van der Waals surface area contributed by atoms with Gasteiger partial charge in [-0.15, -0.1) is 0 Å². The van der Waals surface area contributed by atoms with Gasteiger partial charge in [-0.1, -0.05) is 24.3 Å². The molecular formula is C22H31N7O. The molecule has 2 heterocycles. The van der Waals surface area contributed by atoms with Crippen LogP contribution in [0, 0.1) is 6.92 Å². The van der Waals surface area contributed by atoms with Crippen molar-refractivity contribution in [3.05, 3.63) is 47.0 Å². The minimum Gasteiger partial charge on any atom is -0.353 e. The van der Waals surface area contributed by atoms with E-state index >= 15 is 0 Å². The average Bonchev–Trinajstić information content (AvgIpc) is 3.10. The Bertz CT molecular complexity index is 933. The summed E-state index contributed by atoms with van der Waals surface area (Å²) in [4.78, 5) is 22.8. The highest BCUT2D eigenvalue weighted by atomic mass is 16.2. The van der Waals surface area contributed by atoms with Crippen molar-refractivity contribution in [3.8, 4) is 0 Å². The zero-order valence-electron chi connectivity index (χ0n) is 18.1. The summed E-state index contributed by atoms with van der Waals surface area (Å²) in [5.74, 6) is 2.56. The number of hydrogen-bond acceptors (Lipinski definition) is 4. The lowest BCUT2D eigenvalue weighted by Gasteiger charge is -2.30. The maximum atomic E-state index is 12.1. The molecule has 0 bridgehead atoms. The number of nitrogens with one attached hydrogen (secondary N) is 2. The molecule has 8 nitrogen and oxygen atoms in total. The first-order valence-electron chi connectivity index (χ1n) is 10.7. The molecule has 8 heteroatoms. The van der Waals surface area contributed by atoms with E-state index < -0.39 is 0 Å². The van der Waals surface area contributed by atoms with Crippen LogP contribution < -0.4 is 10.6 Å². The van der Waals surface area contributed by atoms with Gasteiger partial charge in [-0.25, -0.2) is 14.7 Å². The lowest BCUT2D eigenvalue weighted by molar-refractivity contribution is -0.127. The number of aliphatic imine (C=N–C) groups is 1. The molecular weight excluding hydrogens is 378 g/mol. The van der Waals surface area contributed by atoms with Crippen LogP contribution in [0.3, 0.4) is 0 Å². The minimum atomic E-state index is -0.0112. The Labute approximate surface area is 177 Å². The van der Waals surface area contributed by atoms with Gasteiger partial charge < -0.3 is 15.5 Å². The highest BCUT2D eigenvalue weighted by molar-refractivity contribution is 5.85. The van der Waals surface area contributed by atoms with E-state index in [1.54, 1.807) is 19.0 Å². The number of hydrogen-bond donors (Lipinski definition) is 2. The molecule has 0 saturated heterocycles. The predicted octanol–water partition coefficient (Wildman–Crippen LogP) is 1.08. The number of carbonyl (C=O) groups is 1. The summed E-state index contributed by atoms with van der Waals surface area (Å²) in [7, 11) is 3.51. The molecule has 1 aliphatic heterocycles. The second kappa shape index (κ2) is 8.85. The molecule has 30 heavy (non-hydrogen) atoms. The van der Waals surface area contributed by atoms with E-state index in [0.29, 0.717) is 12.0 Å². The highest BCUT2D eigenvalue weighted by Crippen LogP contribution is 2.21. The number of aryl methyl sites for hydroxylation is 3. The van der Waals surface area contributed by atoms with Gasteiger partial charge in [-0.2, -0.15) is 5.10 Å². The van der Waals surface area contributed by atoms with Crippen molar-refractivity contribution < 1.29 is 4.79 Å². The summed E-state index contributed by atoms with van der Waals surface area (Å²) in [6.45, 7) is 2.81. The molecule has 0 spiro atoms. The summed E-state index contributed by atoms with van der Waals surface area (Å²) in [6, 6.07) is 9.14. The van der Waals surface area contributed by atoms with Crippen molar-refractivity contribution in [1.82, 2.24) is 30.3 Å². The molecule has 2 aliphatic rings. The molecule has 2 N–H and O–H groups in total. The molecule has 0 radical (unpaired) electrons. The molecule has 2 unspecified atom stereocenters. The van der Waals surface area contributed by atoms with Crippen LogP contribution in [0.15, 0.2) is 29.3 Å². The summed E-state index contributed by atoms with van der Waals surface area (Å²) in [6.07, 6.45) is 4.93. The number of rotatable bonds is 4. The van der Waals surface area contributed by atoms with Crippen LogP contribution in [0.5, 0.6) is 0 Å². The average molecular weight is 410 g/mol. The van der Waals surface area contributed by atoms with E-state index in [4.69, 9.17) is 0 Å². The van der Waals surface area contributed by atoms with Crippen molar-refractivity contribution in [2.45, 2.75) is 57.7 Å². The molecule has 4 rings (SSSR count). The fourth-order valence-electron chi connectivity index (χ4n) is 4.18. The van der Waals surface area contributed by atoms with E-state index in [1.165, 1.54) is 11.1 Å². The van der Waals surface area contributed by atoms with Crippen molar-refractivity contribution >= 4 is 11.9 Å². The first kappa shape index (κ1) is 20.4. The maximum absolute atomic E-state index is 12.1. The van der Waals surface area contributed by atoms with Crippen molar-refractivity contribution in [1.29, 1.82) is 0 Å². The van der Waals surface area contributed by atoms with Gasteiger partial charge in [0, 0.05) is 32.6 Å². The Morgan fingerprint density at radius 3 is 2.70 bits per heavy atom. The third kappa shape index (κ3) is 4.80. The lowest BCUT2D eigenvalue weighted by atomic mass is 9.88. The molecule has 0 fully saturated rings. The largest absolute Gasteiger partial charge is 0.353 e. The second-order valence-electron chi connectivity index (χ2n) is 8.44. The summed E-state index contributed by atoms with van der Waals surface area (Å²) >= 11 is 0. The third-order valence-electron chi connectivity index (χ3n) is 5.86. The van der Waals surface area contributed by atoms with Gasteiger partial charge in [0.1, 0.15) is 18.2 Å². The number of benzene rings is 1. The third-order valence-corrected chi connectivity index (χ3v) is 5.86. The van der Waals surface area contributed by atoms with Gasteiger partial charge in [0.05, 0.1) is 6.54 Å². The van der Waals surface area contributed by atoms with Gasteiger partial charge in [-0.05, 0) is 43.7 Å². The molecule has 1 amide bonds.